The molecule has 0 aliphatic heterocycles. The molecule has 5 nitrogen and oxygen atoms in total. The number of halogens is 1. The summed E-state index contributed by atoms with van der Waals surface area (Å²) in [4.78, 5) is 13.9. The number of hydrogen-bond acceptors (Lipinski definition) is 4. The molecular weight excluding hydrogens is 326 g/mol. The number of rotatable bonds is 8. The van der Waals surface area contributed by atoms with Crippen molar-refractivity contribution >= 4 is 18.3 Å². The highest BCUT2D eigenvalue weighted by molar-refractivity contribution is 5.85. The Bertz CT molecular complexity index is 616. The van der Waals surface area contributed by atoms with Crippen LogP contribution in [0, 0.1) is 5.92 Å². The van der Waals surface area contributed by atoms with Gasteiger partial charge in [0.2, 0.25) is 5.91 Å². The molecule has 24 heavy (non-hydrogen) atoms. The van der Waals surface area contributed by atoms with Crippen molar-refractivity contribution in [2.75, 3.05) is 27.2 Å². The summed E-state index contributed by atoms with van der Waals surface area (Å²) in [5.74, 6) is 1.02. The smallest absolute Gasteiger partial charge is 0.226 e. The van der Waals surface area contributed by atoms with Crippen LogP contribution in [-0.2, 0) is 11.2 Å². The lowest BCUT2D eigenvalue weighted by molar-refractivity contribution is -0.133. The molecule has 0 radical (unpaired) electrons. The van der Waals surface area contributed by atoms with Crippen molar-refractivity contribution in [3.05, 3.63) is 42.2 Å². The van der Waals surface area contributed by atoms with Gasteiger partial charge in [-0.25, -0.2) is 0 Å². The quantitative estimate of drug-likeness (QED) is 0.794. The molecule has 0 fully saturated rings. The van der Waals surface area contributed by atoms with E-state index in [2.05, 4.69) is 10.5 Å². The maximum Gasteiger partial charge on any atom is 0.226 e. The minimum Gasteiger partial charge on any atom is -0.361 e. The molecule has 0 saturated heterocycles. The van der Waals surface area contributed by atoms with Crippen LogP contribution in [0.5, 0.6) is 0 Å². The average molecular weight is 352 g/mol. The van der Waals surface area contributed by atoms with Gasteiger partial charge < -0.3 is 14.7 Å². The molecule has 1 heterocycles. The van der Waals surface area contributed by atoms with Crippen LogP contribution in [0.15, 0.2) is 40.9 Å². The first-order valence-corrected chi connectivity index (χ1v) is 8.02. The Kier molecular flexibility index (Phi) is 8.50. The zero-order valence-corrected chi connectivity index (χ0v) is 15.3. The zero-order chi connectivity index (χ0) is 16.7. The SMILES string of the molecule is CNCC(C)C(=O)N(C)CCCc1cc(-c2ccccc2)no1.Cl. The van der Waals surface area contributed by atoms with Crippen LogP contribution in [0.3, 0.4) is 0 Å². The van der Waals surface area contributed by atoms with E-state index < -0.39 is 0 Å². The number of nitrogens with one attached hydrogen (secondary N) is 1. The number of aryl methyl sites for hydroxylation is 1. The summed E-state index contributed by atoms with van der Waals surface area (Å²) in [5.41, 5.74) is 1.91. The van der Waals surface area contributed by atoms with E-state index in [1.165, 1.54) is 0 Å². The van der Waals surface area contributed by atoms with Gasteiger partial charge in [0.25, 0.3) is 0 Å². The van der Waals surface area contributed by atoms with Gasteiger partial charge in [-0.2, -0.15) is 0 Å². The van der Waals surface area contributed by atoms with Gasteiger partial charge >= 0.3 is 0 Å². The predicted octanol–water partition coefficient (Wildman–Crippen LogP) is 3.01. The number of amides is 1. The summed E-state index contributed by atoms with van der Waals surface area (Å²) in [6.45, 7) is 3.36. The number of carbonyl (C=O) groups excluding carboxylic acids is 1. The van der Waals surface area contributed by atoms with Crippen molar-refractivity contribution in [2.45, 2.75) is 19.8 Å². The average Bonchev–Trinajstić information content (AvgIpc) is 3.04. The van der Waals surface area contributed by atoms with Crippen LogP contribution >= 0.6 is 12.4 Å². The Hall–Kier alpha value is -1.85. The van der Waals surface area contributed by atoms with E-state index in [1.54, 1.807) is 4.90 Å². The maximum absolute atomic E-state index is 12.1. The van der Waals surface area contributed by atoms with Crippen LogP contribution in [-0.4, -0.2) is 43.1 Å². The second-order valence-electron chi connectivity index (χ2n) is 5.87. The van der Waals surface area contributed by atoms with Gasteiger partial charge in [-0.15, -0.1) is 12.4 Å². The Balaban J connectivity index is 0.00000288. The standard InChI is InChI=1S/C18H25N3O2.ClH/c1-14(13-19-2)18(22)21(3)11-7-10-16-12-17(20-23-16)15-8-5-4-6-9-15;/h4-6,8-9,12,14,19H,7,10-11,13H2,1-3H3;1H. The summed E-state index contributed by atoms with van der Waals surface area (Å²) < 4.78 is 5.38. The van der Waals surface area contributed by atoms with Gasteiger partial charge in [0, 0.05) is 44.1 Å². The number of hydrogen-bond donors (Lipinski definition) is 1. The molecule has 0 bridgehead atoms. The van der Waals surface area contributed by atoms with Gasteiger partial charge in [0.05, 0.1) is 0 Å². The number of nitrogens with zero attached hydrogens (tertiary/aromatic N) is 2. The van der Waals surface area contributed by atoms with Crippen molar-refractivity contribution in [1.82, 2.24) is 15.4 Å². The predicted molar refractivity (Wildman–Crippen MR) is 98.2 cm³/mol. The fourth-order valence-corrected chi connectivity index (χ4v) is 2.55. The molecule has 1 aromatic heterocycles. The van der Waals surface area contributed by atoms with Gasteiger partial charge in [-0.3, -0.25) is 4.79 Å². The van der Waals surface area contributed by atoms with Crippen LogP contribution in [0.1, 0.15) is 19.1 Å². The van der Waals surface area contributed by atoms with E-state index >= 15 is 0 Å². The molecule has 0 spiro atoms. The molecule has 132 valence electrons. The fourth-order valence-electron chi connectivity index (χ4n) is 2.55. The third-order valence-corrected chi connectivity index (χ3v) is 3.85. The summed E-state index contributed by atoms with van der Waals surface area (Å²) in [7, 11) is 3.71. The molecule has 0 aliphatic carbocycles. The van der Waals surface area contributed by atoms with Crippen molar-refractivity contribution in [2.24, 2.45) is 5.92 Å². The van der Waals surface area contributed by atoms with Crippen molar-refractivity contribution in [3.8, 4) is 11.3 Å². The van der Waals surface area contributed by atoms with E-state index in [0.29, 0.717) is 13.1 Å². The number of carbonyl (C=O) groups is 1. The maximum atomic E-state index is 12.1. The molecule has 0 saturated carbocycles. The molecular formula is C18H26ClN3O2. The van der Waals surface area contributed by atoms with Crippen LogP contribution < -0.4 is 5.32 Å². The molecule has 6 heteroatoms. The summed E-state index contributed by atoms with van der Waals surface area (Å²) in [5, 5.41) is 7.14. The molecule has 0 aliphatic rings. The van der Waals surface area contributed by atoms with Crippen molar-refractivity contribution in [3.63, 3.8) is 0 Å². The molecule has 1 atom stereocenters. The topological polar surface area (TPSA) is 58.4 Å². The molecule has 1 amide bonds. The summed E-state index contributed by atoms with van der Waals surface area (Å²) in [6, 6.07) is 11.9. The third kappa shape index (κ3) is 5.65. The highest BCUT2D eigenvalue weighted by atomic mass is 35.5. The highest BCUT2D eigenvalue weighted by Crippen LogP contribution is 2.19. The molecule has 1 unspecified atom stereocenters. The molecule has 2 rings (SSSR count). The van der Waals surface area contributed by atoms with Gasteiger partial charge in [-0.05, 0) is 13.5 Å². The first-order chi connectivity index (χ1) is 11.1. The second-order valence-corrected chi connectivity index (χ2v) is 5.87. The van der Waals surface area contributed by atoms with E-state index in [-0.39, 0.29) is 24.2 Å². The first kappa shape index (κ1) is 20.2. The van der Waals surface area contributed by atoms with Gasteiger partial charge in [-0.1, -0.05) is 42.4 Å². The van der Waals surface area contributed by atoms with Crippen LogP contribution in [0.25, 0.3) is 11.3 Å². The Labute approximate surface area is 149 Å². The molecule has 1 N–H and O–H groups in total. The largest absolute Gasteiger partial charge is 0.361 e. The normalized spacial score (nSPS) is 11.6. The second kappa shape index (κ2) is 10.1. The minimum atomic E-state index is -0.0000345. The van der Waals surface area contributed by atoms with E-state index in [1.807, 2.05) is 57.4 Å². The fraction of sp³-hybridized carbons (Fsp3) is 0.444. The summed E-state index contributed by atoms with van der Waals surface area (Å²) in [6.07, 6.45) is 1.63. The van der Waals surface area contributed by atoms with E-state index in [9.17, 15) is 4.79 Å². The van der Waals surface area contributed by atoms with Gasteiger partial charge in [0.15, 0.2) is 0 Å². The van der Waals surface area contributed by atoms with Crippen molar-refractivity contribution < 1.29 is 9.32 Å². The number of benzene rings is 1. The lowest BCUT2D eigenvalue weighted by Crippen LogP contribution is -2.36. The van der Waals surface area contributed by atoms with E-state index in [0.717, 1.165) is 29.9 Å². The Morgan fingerprint density at radius 3 is 2.71 bits per heavy atom. The van der Waals surface area contributed by atoms with E-state index in [4.69, 9.17) is 4.52 Å². The highest BCUT2D eigenvalue weighted by Gasteiger charge is 2.16. The Morgan fingerprint density at radius 1 is 1.33 bits per heavy atom. The Morgan fingerprint density at radius 2 is 2.04 bits per heavy atom. The molecule has 2 aromatic rings. The number of aromatic nitrogens is 1. The van der Waals surface area contributed by atoms with Crippen LogP contribution in [0.2, 0.25) is 0 Å². The lowest BCUT2D eigenvalue weighted by atomic mass is 10.1. The minimum absolute atomic E-state index is 0. The molecule has 1 aromatic carbocycles. The monoisotopic (exact) mass is 351 g/mol. The van der Waals surface area contributed by atoms with Crippen molar-refractivity contribution in [1.29, 1.82) is 0 Å². The third-order valence-electron chi connectivity index (χ3n) is 3.85. The summed E-state index contributed by atoms with van der Waals surface area (Å²) >= 11 is 0. The van der Waals surface area contributed by atoms with Crippen LogP contribution in [0.4, 0.5) is 0 Å². The lowest BCUT2D eigenvalue weighted by Gasteiger charge is -2.21. The first-order valence-electron chi connectivity index (χ1n) is 8.02. The van der Waals surface area contributed by atoms with Gasteiger partial charge in [0.1, 0.15) is 11.5 Å². The zero-order valence-electron chi connectivity index (χ0n) is 14.5.